The number of hydrogen-bond acceptors (Lipinski definition) is 4. The van der Waals surface area contributed by atoms with Crippen LogP contribution in [0.25, 0.3) is 0 Å². The highest BCUT2D eigenvalue weighted by atomic mass is 35.5. The summed E-state index contributed by atoms with van der Waals surface area (Å²) in [6.07, 6.45) is 5.29. The van der Waals surface area contributed by atoms with Crippen molar-refractivity contribution >= 4 is 47.5 Å². The third kappa shape index (κ3) is 7.75. The van der Waals surface area contributed by atoms with E-state index in [1.165, 1.54) is 25.1 Å². The molecule has 3 aliphatic rings. The van der Waals surface area contributed by atoms with Gasteiger partial charge in [-0.3, -0.25) is 9.69 Å². The molecule has 2 aromatic carbocycles. The number of carbonyl (C=O) groups is 2. The molecule has 10 heteroatoms. The second-order valence-corrected chi connectivity index (χ2v) is 11.7. The summed E-state index contributed by atoms with van der Waals surface area (Å²) in [4.78, 5) is 32.8. The highest BCUT2D eigenvalue weighted by Crippen LogP contribution is 2.34. The molecule has 3 saturated heterocycles. The molecule has 0 radical (unpaired) electrons. The number of nitrogens with one attached hydrogen (secondary N) is 1. The third-order valence-corrected chi connectivity index (χ3v) is 8.79. The van der Waals surface area contributed by atoms with Crippen LogP contribution in [-0.4, -0.2) is 85.1 Å². The van der Waals surface area contributed by atoms with Gasteiger partial charge in [0.1, 0.15) is 18.4 Å². The predicted octanol–water partition coefficient (Wildman–Crippen LogP) is 5.62. The highest BCUT2D eigenvalue weighted by Gasteiger charge is 2.32. The molecule has 0 unspecified atom stereocenters. The van der Waals surface area contributed by atoms with Crippen molar-refractivity contribution in [2.75, 3.05) is 52.4 Å². The predicted molar refractivity (Wildman–Crippen MR) is 162 cm³/mol. The second-order valence-electron chi connectivity index (χ2n) is 10.8. The Hall–Kier alpha value is -2.19. The lowest BCUT2D eigenvalue weighted by molar-refractivity contribution is -0.134. The molecule has 3 aliphatic heterocycles. The Bertz CT molecular complexity index is 1150. The first-order valence-electron chi connectivity index (χ1n) is 14.2. The molecular weight excluding hydrogens is 571 g/mol. The molecule has 40 heavy (non-hydrogen) atoms. The standard InChI is InChI=1S/C30H38Cl2N4O3.ClH/c31-24-9-8-23(26(32)21-24)20-27(33-30(38)36-14-3-4-15-36)29(37)35-16-10-22(11-17-35)25-6-1-2-7-28(25)39-19-18-34-12-5-13-34;/h1-2,6-9,21-22,27H,3-5,10-20H2,(H,33,38);1H/t27-;/m1./s1. The van der Waals surface area contributed by atoms with Crippen molar-refractivity contribution in [3.05, 3.63) is 63.6 Å². The minimum atomic E-state index is -0.689. The van der Waals surface area contributed by atoms with Gasteiger partial charge in [-0.1, -0.05) is 47.5 Å². The molecule has 5 rings (SSSR count). The number of piperidine rings is 1. The molecule has 7 nitrogen and oxygen atoms in total. The maximum absolute atomic E-state index is 13.8. The zero-order valence-electron chi connectivity index (χ0n) is 22.8. The molecule has 0 bridgehead atoms. The number of benzene rings is 2. The number of nitrogens with zero attached hydrogens (tertiary/aromatic N) is 3. The number of carbonyl (C=O) groups excluding carboxylic acids is 2. The van der Waals surface area contributed by atoms with Crippen LogP contribution in [0.4, 0.5) is 4.79 Å². The van der Waals surface area contributed by atoms with Gasteiger partial charge < -0.3 is 19.9 Å². The molecule has 0 aliphatic carbocycles. The molecule has 0 spiro atoms. The minimum absolute atomic E-state index is 0. The van der Waals surface area contributed by atoms with Crippen LogP contribution < -0.4 is 10.1 Å². The van der Waals surface area contributed by atoms with E-state index in [0.29, 0.717) is 42.1 Å². The Labute approximate surface area is 253 Å². The van der Waals surface area contributed by atoms with Crippen LogP contribution >= 0.6 is 35.6 Å². The Morgan fingerprint density at radius 2 is 1.65 bits per heavy atom. The van der Waals surface area contributed by atoms with Gasteiger partial charge in [0.05, 0.1) is 0 Å². The van der Waals surface area contributed by atoms with Gasteiger partial charge in [0.2, 0.25) is 5.91 Å². The van der Waals surface area contributed by atoms with Crippen molar-refractivity contribution in [3.8, 4) is 5.75 Å². The summed E-state index contributed by atoms with van der Waals surface area (Å²) < 4.78 is 6.19. The molecular formula is C30H39Cl3N4O3. The van der Waals surface area contributed by atoms with Crippen LogP contribution in [-0.2, 0) is 11.2 Å². The zero-order chi connectivity index (χ0) is 27.2. The van der Waals surface area contributed by atoms with E-state index in [9.17, 15) is 9.59 Å². The van der Waals surface area contributed by atoms with E-state index in [4.69, 9.17) is 27.9 Å². The zero-order valence-corrected chi connectivity index (χ0v) is 25.2. The van der Waals surface area contributed by atoms with E-state index in [1.807, 2.05) is 17.0 Å². The van der Waals surface area contributed by atoms with Crippen LogP contribution in [0.3, 0.4) is 0 Å². The summed E-state index contributed by atoms with van der Waals surface area (Å²) in [6, 6.07) is 12.7. The molecule has 1 N–H and O–H groups in total. The van der Waals surface area contributed by atoms with Crippen molar-refractivity contribution in [1.82, 2.24) is 20.0 Å². The number of likely N-dealkylation sites (tertiary alicyclic amines) is 3. The average Bonchev–Trinajstić information content (AvgIpc) is 3.46. The normalized spacial score (nSPS) is 18.6. The monoisotopic (exact) mass is 608 g/mol. The first-order chi connectivity index (χ1) is 19.0. The Balaban J connectivity index is 0.00000370. The molecule has 3 heterocycles. The molecule has 3 fully saturated rings. The van der Waals surface area contributed by atoms with Crippen molar-refractivity contribution in [1.29, 1.82) is 0 Å². The quantitative estimate of drug-likeness (QED) is 0.401. The number of urea groups is 1. The number of halogens is 3. The maximum Gasteiger partial charge on any atom is 0.318 e. The number of rotatable bonds is 9. The summed E-state index contributed by atoms with van der Waals surface area (Å²) in [5.74, 6) is 1.22. The molecule has 2 aromatic rings. The SMILES string of the molecule is Cl.O=C(N[C@H](Cc1ccc(Cl)cc1Cl)C(=O)N1CCC(c2ccccc2OCCN2CCC2)CC1)N1CCCC1. The van der Waals surface area contributed by atoms with Crippen molar-refractivity contribution in [2.24, 2.45) is 0 Å². The van der Waals surface area contributed by atoms with Gasteiger partial charge in [-0.15, -0.1) is 12.4 Å². The average molecular weight is 610 g/mol. The van der Waals surface area contributed by atoms with Crippen LogP contribution in [0.15, 0.2) is 42.5 Å². The summed E-state index contributed by atoms with van der Waals surface area (Å²) in [5.41, 5.74) is 2.01. The van der Waals surface area contributed by atoms with Gasteiger partial charge in [0, 0.05) is 49.2 Å². The summed E-state index contributed by atoms with van der Waals surface area (Å²) in [6.45, 7) is 6.71. The number of hydrogen-bond donors (Lipinski definition) is 1. The molecule has 218 valence electrons. The van der Waals surface area contributed by atoms with Crippen molar-refractivity contribution < 1.29 is 14.3 Å². The van der Waals surface area contributed by atoms with Gasteiger partial charge in [0.15, 0.2) is 0 Å². The Morgan fingerprint density at radius 3 is 2.33 bits per heavy atom. The fourth-order valence-corrected chi connectivity index (χ4v) is 6.22. The lowest BCUT2D eigenvalue weighted by atomic mass is 9.88. The molecule has 0 aromatic heterocycles. The fourth-order valence-electron chi connectivity index (χ4n) is 5.74. The Kier molecular flexibility index (Phi) is 11.2. The van der Waals surface area contributed by atoms with E-state index in [2.05, 4.69) is 28.4 Å². The Morgan fingerprint density at radius 1 is 0.925 bits per heavy atom. The maximum atomic E-state index is 13.8. The molecule has 0 saturated carbocycles. The van der Waals surface area contributed by atoms with E-state index >= 15 is 0 Å². The minimum Gasteiger partial charge on any atom is -0.492 e. The van der Waals surface area contributed by atoms with Gasteiger partial charge in [0.25, 0.3) is 0 Å². The summed E-state index contributed by atoms with van der Waals surface area (Å²) in [5, 5.41) is 4.06. The lowest BCUT2D eigenvalue weighted by Crippen LogP contribution is -2.54. The van der Waals surface area contributed by atoms with Crippen LogP contribution in [0, 0.1) is 0 Å². The fraction of sp³-hybridized carbons (Fsp3) is 0.533. The topological polar surface area (TPSA) is 65.1 Å². The van der Waals surface area contributed by atoms with E-state index < -0.39 is 6.04 Å². The molecule has 1 atom stereocenters. The highest BCUT2D eigenvalue weighted by molar-refractivity contribution is 6.35. The van der Waals surface area contributed by atoms with Gasteiger partial charge in [-0.05, 0) is 80.4 Å². The summed E-state index contributed by atoms with van der Waals surface area (Å²) in [7, 11) is 0. The summed E-state index contributed by atoms with van der Waals surface area (Å²) >= 11 is 12.5. The van der Waals surface area contributed by atoms with E-state index in [1.54, 1.807) is 17.0 Å². The van der Waals surface area contributed by atoms with Crippen LogP contribution in [0.5, 0.6) is 5.75 Å². The number of para-hydroxylation sites is 1. The van der Waals surface area contributed by atoms with E-state index in [0.717, 1.165) is 56.6 Å². The van der Waals surface area contributed by atoms with E-state index in [-0.39, 0.29) is 24.3 Å². The lowest BCUT2D eigenvalue weighted by Gasteiger charge is -2.35. The second kappa shape index (κ2) is 14.6. The van der Waals surface area contributed by atoms with Gasteiger partial charge >= 0.3 is 6.03 Å². The van der Waals surface area contributed by atoms with Crippen molar-refractivity contribution in [3.63, 3.8) is 0 Å². The number of amides is 3. The van der Waals surface area contributed by atoms with Gasteiger partial charge in [-0.25, -0.2) is 4.79 Å². The largest absolute Gasteiger partial charge is 0.492 e. The first-order valence-corrected chi connectivity index (χ1v) is 15.0. The number of ether oxygens (including phenoxy) is 1. The van der Waals surface area contributed by atoms with Crippen molar-refractivity contribution in [2.45, 2.75) is 50.5 Å². The first kappa shape index (κ1) is 30.8. The molecule has 3 amide bonds. The van der Waals surface area contributed by atoms with Gasteiger partial charge in [-0.2, -0.15) is 0 Å². The third-order valence-electron chi connectivity index (χ3n) is 8.21. The van der Waals surface area contributed by atoms with Crippen LogP contribution in [0.2, 0.25) is 10.0 Å². The van der Waals surface area contributed by atoms with Crippen LogP contribution in [0.1, 0.15) is 49.1 Å². The smallest absolute Gasteiger partial charge is 0.318 e.